The number of aliphatic carboxylic acids is 1. The van der Waals surface area contributed by atoms with Crippen LogP contribution in [0.2, 0.25) is 0 Å². The van der Waals surface area contributed by atoms with Gasteiger partial charge in [0.25, 0.3) is 0 Å². The van der Waals surface area contributed by atoms with E-state index in [1.807, 2.05) is 63.4 Å². The topological polar surface area (TPSA) is 117 Å². The molecular formula is C31H37N3O5. The first kappa shape index (κ1) is 28.1. The van der Waals surface area contributed by atoms with Crippen molar-refractivity contribution in [2.45, 2.75) is 65.4 Å². The van der Waals surface area contributed by atoms with Crippen LogP contribution < -0.4 is 10.6 Å². The smallest absolute Gasteiger partial charge is 0.412 e. The maximum atomic E-state index is 12.9. The molecule has 2 aromatic rings. The van der Waals surface area contributed by atoms with E-state index in [1.165, 1.54) is 0 Å². The number of nitrogens with one attached hydrogen (secondary N) is 2. The number of carboxylic acids is 1. The first-order valence-electron chi connectivity index (χ1n) is 13.7. The first-order chi connectivity index (χ1) is 18.7. The van der Waals surface area contributed by atoms with Crippen LogP contribution >= 0.6 is 0 Å². The third-order valence-electron chi connectivity index (χ3n) is 7.69. The van der Waals surface area contributed by atoms with E-state index in [0.717, 1.165) is 42.4 Å². The molecule has 1 heterocycles. The largest absolute Gasteiger partial charge is 0.481 e. The Balaban J connectivity index is 1.50. The number of aliphatic imine (C=N–C) groups is 1. The summed E-state index contributed by atoms with van der Waals surface area (Å²) in [5, 5.41) is 15.4. The monoisotopic (exact) mass is 531 g/mol. The molecule has 3 N–H and O–H groups in total. The van der Waals surface area contributed by atoms with Gasteiger partial charge in [-0.3, -0.25) is 19.9 Å². The minimum Gasteiger partial charge on any atom is -0.481 e. The van der Waals surface area contributed by atoms with Crippen LogP contribution in [0.5, 0.6) is 0 Å². The highest BCUT2D eigenvalue weighted by molar-refractivity contribution is 5.95. The summed E-state index contributed by atoms with van der Waals surface area (Å²) < 4.78 is 5.71. The van der Waals surface area contributed by atoms with Gasteiger partial charge in [0.15, 0.2) is 0 Å². The van der Waals surface area contributed by atoms with Crippen LogP contribution in [0.3, 0.4) is 0 Å². The summed E-state index contributed by atoms with van der Waals surface area (Å²) in [5.41, 5.74) is 4.73. The van der Waals surface area contributed by atoms with Crippen molar-refractivity contribution in [2.24, 2.45) is 22.7 Å². The van der Waals surface area contributed by atoms with Crippen molar-refractivity contribution in [1.82, 2.24) is 5.32 Å². The minimum absolute atomic E-state index is 0.0439. The average Bonchev–Trinajstić information content (AvgIpc) is 3.10. The number of nitrogens with zero attached hydrogens (tertiary/aromatic N) is 1. The molecule has 0 radical (unpaired) electrons. The van der Waals surface area contributed by atoms with Gasteiger partial charge in [-0.15, -0.1) is 0 Å². The SMILES string of the molecule is Cc1ccccc1[C@@H](C)OC(=O)NC1=C(c2ccc(NC(=O)[C@H]3CCCC[C@@H]3C(=O)O)cc2)N=CCCC1C. The number of carbonyl (C=O) groups is 3. The van der Waals surface area contributed by atoms with Crippen molar-refractivity contribution in [3.63, 3.8) is 0 Å². The Morgan fingerprint density at radius 3 is 2.36 bits per heavy atom. The number of benzene rings is 2. The fraction of sp³-hybridized carbons (Fsp3) is 0.419. The number of alkyl carbamates (subject to hydrolysis) is 1. The van der Waals surface area contributed by atoms with Crippen LogP contribution in [-0.2, 0) is 14.3 Å². The van der Waals surface area contributed by atoms with E-state index in [1.54, 1.807) is 12.1 Å². The fourth-order valence-corrected chi connectivity index (χ4v) is 5.43. The van der Waals surface area contributed by atoms with Gasteiger partial charge in [0, 0.05) is 17.5 Å². The van der Waals surface area contributed by atoms with E-state index in [-0.39, 0.29) is 11.8 Å². The molecule has 8 nitrogen and oxygen atoms in total. The van der Waals surface area contributed by atoms with Gasteiger partial charge >= 0.3 is 12.1 Å². The number of hydrogen-bond acceptors (Lipinski definition) is 5. The molecule has 1 fully saturated rings. The Hall–Kier alpha value is -3.94. The molecule has 2 amide bonds. The second-order valence-electron chi connectivity index (χ2n) is 10.5. The summed E-state index contributed by atoms with van der Waals surface area (Å²) in [6.07, 6.45) is 5.31. The van der Waals surface area contributed by atoms with Gasteiger partial charge in [0.2, 0.25) is 5.91 Å². The number of carboxylic acid groups (broad SMARTS) is 1. The molecule has 4 rings (SSSR count). The van der Waals surface area contributed by atoms with Crippen molar-refractivity contribution in [1.29, 1.82) is 0 Å². The molecule has 2 aromatic carbocycles. The van der Waals surface area contributed by atoms with Crippen molar-refractivity contribution >= 4 is 35.6 Å². The Labute approximate surface area is 229 Å². The van der Waals surface area contributed by atoms with Crippen molar-refractivity contribution in [3.8, 4) is 0 Å². The molecule has 0 bridgehead atoms. The third-order valence-corrected chi connectivity index (χ3v) is 7.69. The Morgan fingerprint density at radius 1 is 0.974 bits per heavy atom. The lowest BCUT2D eigenvalue weighted by molar-refractivity contribution is -0.147. The van der Waals surface area contributed by atoms with Gasteiger partial charge in [-0.25, -0.2) is 4.79 Å². The maximum absolute atomic E-state index is 12.9. The predicted octanol–water partition coefficient (Wildman–Crippen LogP) is 6.48. The zero-order valence-electron chi connectivity index (χ0n) is 22.8. The normalized spacial score (nSPS) is 22.0. The number of allylic oxidation sites excluding steroid dienone is 1. The molecule has 1 unspecified atom stereocenters. The van der Waals surface area contributed by atoms with E-state index >= 15 is 0 Å². The summed E-state index contributed by atoms with van der Waals surface area (Å²) in [6.45, 7) is 5.89. The molecule has 0 aromatic heterocycles. The van der Waals surface area contributed by atoms with Crippen LogP contribution in [0.1, 0.15) is 75.2 Å². The Bertz CT molecular complexity index is 1270. The zero-order valence-corrected chi connectivity index (χ0v) is 22.8. The number of aryl methyl sites for hydroxylation is 1. The highest BCUT2D eigenvalue weighted by atomic mass is 16.6. The third kappa shape index (κ3) is 6.93. The second-order valence-corrected chi connectivity index (χ2v) is 10.5. The van der Waals surface area contributed by atoms with Crippen LogP contribution in [0.25, 0.3) is 5.70 Å². The molecule has 8 heteroatoms. The molecule has 1 aliphatic heterocycles. The van der Waals surface area contributed by atoms with Crippen LogP contribution in [0.4, 0.5) is 10.5 Å². The van der Waals surface area contributed by atoms with Gasteiger partial charge < -0.3 is 15.2 Å². The number of ether oxygens (including phenoxy) is 1. The van der Waals surface area contributed by atoms with E-state index < -0.39 is 30.0 Å². The molecule has 1 aliphatic carbocycles. The van der Waals surface area contributed by atoms with Crippen molar-refractivity contribution in [2.75, 3.05) is 5.32 Å². The summed E-state index contributed by atoms with van der Waals surface area (Å²) in [6, 6.07) is 15.1. The number of amides is 2. The van der Waals surface area contributed by atoms with Crippen LogP contribution in [0.15, 0.2) is 59.2 Å². The quantitative estimate of drug-likeness (QED) is 0.378. The van der Waals surface area contributed by atoms with Crippen LogP contribution in [-0.4, -0.2) is 29.3 Å². The molecule has 2 aliphatic rings. The second kappa shape index (κ2) is 12.7. The number of carbonyl (C=O) groups excluding carboxylic acids is 2. The van der Waals surface area contributed by atoms with E-state index in [4.69, 9.17) is 4.74 Å². The lowest BCUT2D eigenvalue weighted by Crippen LogP contribution is -2.36. The van der Waals surface area contributed by atoms with Gasteiger partial charge in [-0.1, -0.05) is 56.2 Å². The highest BCUT2D eigenvalue weighted by Crippen LogP contribution is 2.33. The van der Waals surface area contributed by atoms with E-state index in [2.05, 4.69) is 15.6 Å². The lowest BCUT2D eigenvalue weighted by atomic mass is 9.78. The fourth-order valence-electron chi connectivity index (χ4n) is 5.43. The number of anilines is 1. The summed E-state index contributed by atoms with van der Waals surface area (Å²) >= 11 is 0. The molecule has 1 saturated carbocycles. The standard InChI is InChI=1S/C31H37N3O5/c1-19-9-4-5-11-24(19)21(3)39-31(38)34-27-20(2)10-8-18-32-28(27)22-14-16-23(17-15-22)33-29(35)25-12-6-7-13-26(25)30(36)37/h4-5,9,11,14-18,20-21,25-26H,6-8,10,12-13H2,1-3H3,(H,33,35)(H,34,38)(H,36,37)/t20?,21-,25+,26+/m1/s1. The number of hydrogen-bond donors (Lipinski definition) is 3. The average molecular weight is 532 g/mol. The molecule has 0 saturated heterocycles. The molecular weight excluding hydrogens is 494 g/mol. The maximum Gasteiger partial charge on any atom is 0.412 e. The Kier molecular flexibility index (Phi) is 9.17. The van der Waals surface area contributed by atoms with Gasteiger partial charge in [0.05, 0.1) is 23.2 Å². The molecule has 0 spiro atoms. The Morgan fingerprint density at radius 2 is 1.67 bits per heavy atom. The molecule has 4 atom stereocenters. The summed E-state index contributed by atoms with van der Waals surface area (Å²) in [7, 11) is 0. The summed E-state index contributed by atoms with van der Waals surface area (Å²) in [4.78, 5) is 42.1. The highest BCUT2D eigenvalue weighted by Gasteiger charge is 2.35. The van der Waals surface area contributed by atoms with Gasteiger partial charge in [0.1, 0.15) is 6.10 Å². The van der Waals surface area contributed by atoms with E-state index in [9.17, 15) is 19.5 Å². The first-order valence-corrected chi connectivity index (χ1v) is 13.7. The molecule has 206 valence electrons. The predicted molar refractivity (Wildman–Crippen MR) is 151 cm³/mol. The number of rotatable bonds is 7. The molecule has 39 heavy (non-hydrogen) atoms. The zero-order chi connectivity index (χ0) is 27.9. The van der Waals surface area contributed by atoms with Crippen molar-refractivity contribution in [3.05, 3.63) is 70.9 Å². The minimum atomic E-state index is -0.913. The van der Waals surface area contributed by atoms with E-state index in [0.29, 0.717) is 29.9 Å². The van der Waals surface area contributed by atoms with Gasteiger partial charge in [-0.05, 0) is 68.7 Å². The van der Waals surface area contributed by atoms with Crippen LogP contribution in [0, 0.1) is 24.7 Å². The summed E-state index contributed by atoms with van der Waals surface area (Å²) in [5.74, 6) is -2.31. The lowest BCUT2D eigenvalue weighted by Gasteiger charge is -2.27. The van der Waals surface area contributed by atoms with Crippen molar-refractivity contribution < 1.29 is 24.2 Å². The van der Waals surface area contributed by atoms with Gasteiger partial charge in [-0.2, -0.15) is 0 Å².